The van der Waals surface area contributed by atoms with Gasteiger partial charge in [0.05, 0.1) is 12.2 Å². The maximum absolute atomic E-state index is 12.0. The summed E-state index contributed by atoms with van der Waals surface area (Å²) in [6.07, 6.45) is -0.664. The number of hydroxylamine groups is 1. The molecular weight excluding hydrogens is 250 g/mol. The third-order valence-electron chi connectivity index (χ3n) is 2.98. The highest BCUT2D eigenvalue weighted by molar-refractivity contribution is 5.90. The summed E-state index contributed by atoms with van der Waals surface area (Å²) in [5, 5.41) is 5.70. The molecule has 2 atom stereocenters. The molecule has 100 valence electrons. The van der Waals surface area contributed by atoms with Crippen LogP contribution in [0.5, 0.6) is 5.75 Å². The number of para-hydroxylation sites is 2. The first kappa shape index (κ1) is 11.8. The second-order valence-corrected chi connectivity index (χ2v) is 4.32. The van der Waals surface area contributed by atoms with E-state index in [1.807, 2.05) is 18.2 Å². The Morgan fingerprint density at radius 2 is 2.21 bits per heavy atom. The quantitative estimate of drug-likeness (QED) is 0.663. The smallest absolute Gasteiger partial charge is 0.268 e. The van der Waals surface area contributed by atoms with E-state index in [-0.39, 0.29) is 18.4 Å². The van der Waals surface area contributed by atoms with Crippen LogP contribution >= 0.6 is 0 Å². The Balaban J connectivity index is 1.64. The summed E-state index contributed by atoms with van der Waals surface area (Å²) in [6.45, 7) is 0.485. The first-order chi connectivity index (χ1) is 9.24. The first-order valence-corrected chi connectivity index (χ1v) is 5.95. The van der Waals surface area contributed by atoms with Gasteiger partial charge in [-0.3, -0.25) is 14.4 Å². The molecule has 0 bridgehead atoms. The Morgan fingerprint density at radius 1 is 1.37 bits per heavy atom. The van der Waals surface area contributed by atoms with Crippen molar-refractivity contribution in [1.29, 1.82) is 0 Å². The SMILES string of the molecule is O=C(N[C@@H]1CONC1=O)C1CNc2ccccc2O1. The highest BCUT2D eigenvalue weighted by Gasteiger charge is 2.32. The molecule has 7 heteroatoms. The van der Waals surface area contributed by atoms with Crippen molar-refractivity contribution in [2.45, 2.75) is 12.1 Å². The van der Waals surface area contributed by atoms with E-state index in [0.29, 0.717) is 12.3 Å². The van der Waals surface area contributed by atoms with Gasteiger partial charge in [-0.05, 0) is 12.1 Å². The molecule has 3 N–H and O–H groups in total. The van der Waals surface area contributed by atoms with E-state index in [9.17, 15) is 9.59 Å². The molecule has 1 unspecified atom stereocenters. The molecule has 7 nitrogen and oxygen atoms in total. The minimum absolute atomic E-state index is 0.126. The van der Waals surface area contributed by atoms with Crippen LogP contribution in [0.15, 0.2) is 24.3 Å². The third-order valence-corrected chi connectivity index (χ3v) is 2.98. The van der Waals surface area contributed by atoms with Crippen LogP contribution in [0.2, 0.25) is 0 Å². The van der Waals surface area contributed by atoms with Gasteiger partial charge in [0.15, 0.2) is 6.10 Å². The first-order valence-electron chi connectivity index (χ1n) is 5.95. The molecule has 0 spiro atoms. The number of nitrogens with one attached hydrogen (secondary N) is 3. The number of rotatable bonds is 2. The van der Waals surface area contributed by atoms with Gasteiger partial charge in [0, 0.05) is 0 Å². The summed E-state index contributed by atoms with van der Waals surface area (Å²) in [5.41, 5.74) is 3.04. The number of carbonyl (C=O) groups is 2. The van der Waals surface area contributed by atoms with Crippen molar-refractivity contribution < 1.29 is 19.2 Å². The lowest BCUT2D eigenvalue weighted by molar-refractivity contribution is -0.132. The van der Waals surface area contributed by atoms with E-state index in [4.69, 9.17) is 9.57 Å². The molecule has 1 saturated heterocycles. The van der Waals surface area contributed by atoms with Crippen LogP contribution in [0, 0.1) is 0 Å². The number of amides is 2. The van der Waals surface area contributed by atoms with Crippen LogP contribution in [0.1, 0.15) is 0 Å². The maximum atomic E-state index is 12.0. The normalized spacial score (nSPS) is 24.7. The molecule has 0 aliphatic carbocycles. The predicted octanol–water partition coefficient (Wildman–Crippen LogP) is -0.594. The summed E-state index contributed by atoms with van der Waals surface area (Å²) in [4.78, 5) is 28.0. The van der Waals surface area contributed by atoms with Crippen molar-refractivity contribution in [2.24, 2.45) is 0 Å². The third kappa shape index (κ3) is 2.32. The summed E-state index contributed by atoms with van der Waals surface area (Å²) in [6, 6.07) is 6.72. The Morgan fingerprint density at radius 3 is 3.00 bits per heavy atom. The van der Waals surface area contributed by atoms with Crippen LogP contribution in [0.3, 0.4) is 0 Å². The predicted molar refractivity (Wildman–Crippen MR) is 65.4 cm³/mol. The monoisotopic (exact) mass is 263 g/mol. The summed E-state index contributed by atoms with van der Waals surface area (Å²) in [5.74, 6) is -0.0637. The van der Waals surface area contributed by atoms with Gasteiger partial charge in [-0.25, -0.2) is 5.48 Å². The van der Waals surface area contributed by atoms with Crippen LogP contribution in [-0.2, 0) is 14.4 Å². The number of hydrogen-bond acceptors (Lipinski definition) is 5. The Labute approximate surface area is 109 Å². The van der Waals surface area contributed by atoms with Crippen LogP contribution in [0.4, 0.5) is 5.69 Å². The lowest BCUT2D eigenvalue weighted by atomic mass is 10.2. The van der Waals surface area contributed by atoms with Crippen molar-refractivity contribution in [2.75, 3.05) is 18.5 Å². The molecule has 0 aromatic heterocycles. The van der Waals surface area contributed by atoms with Gasteiger partial charge in [0.1, 0.15) is 18.4 Å². The highest BCUT2D eigenvalue weighted by atomic mass is 16.7. The number of ether oxygens (including phenoxy) is 1. The molecule has 19 heavy (non-hydrogen) atoms. The number of fused-ring (bicyclic) bond motifs is 1. The van der Waals surface area contributed by atoms with E-state index in [0.717, 1.165) is 5.69 Å². The molecular formula is C12H13N3O4. The molecule has 0 radical (unpaired) electrons. The Bertz CT molecular complexity index is 519. The highest BCUT2D eigenvalue weighted by Crippen LogP contribution is 2.28. The molecule has 1 aromatic rings. The second kappa shape index (κ2) is 4.77. The van der Waals surface area contributed by atoms with Gasteiger partial charge in [0.2, 0.25) is 0 Å². The van der Waals surface area contributed by atoms with E-state index < -0.39 is 12.1 Å². The lowest BCUT2D eigenvalue weighted by Gasteiger charge is -2.26. The van der Waals surface area contributed by atoms with Gasteiger partial charge < -0.3 is 15.4 Å². The maximum Gasteiger partial charge on any atom is 0.268 e. The van der Waals surface area contributed by atoms with E-state index in [1.165, 1.54) is 0 Å². The van der Waals surface area contributed by atoms with Crippen LogP contribution in [0.25, 0.3) is 0 Å². The van der Waals surface area contributed by atoms with Crippen LogP contribution in [-0.4, -0.2) is 37.1 Å². The zero-order chi connectivity index (χ0) is 13.2. The van der Waals surface area contributed by atoms with Crippen molar-refractivity contribution in [3.63, 3.8) is 0 Å². The standard InChI is InChI=1S/C12H13N3O4/c16-11-8(6-18-15-11)14-12(17)10-5-13-7-3-1-2-4-9(7)19-10/h1-4,8,10,13H,5-6H2,(H,14,17)(H,15,16)/t8-,10?/m1/s1. The Hall–Kier alpha value is -2.28. The van der Waals surface area contributed by atoms with Crippen molar-refractivity contribution in [3.05, 3.63) is 24.3 Å². The zero-order valence-corrected chi connectivity index (χ0v) is 10.0. The summed E-state index contributed by atoms with van der Waals surface area (Å²) in [7, 11) is 0. The fourth-order valence-electron chi connectivity index (χ4n) is 1.97. The van der Waals surface area contributed by atoms with Crippen molar-refractivity contribution in [3.8, 4) is 5.75 Å². The molecule has 1 fully saturated rings. The molecule has 2 aliphatic rings. The molecule has 3 rings (SSSR count). The second-order valence-electron chi connectivity index (χ2n) is 4.32. The molecule has 2 aliphatic heterocycles. The molecule has 0 saturated carbocycles. The number of hydrogen-bond donors (Lipinski definition) is 3. The van der Waals surface area contributed by atoms with Crippen molar-refractivity contribution >= 4 is 17.5 Å². The number of anilines is 1. The molecule has 1 aromatic carbocycles. The average molecular weight is 263 g/mol. The van der Waals surface area contributed by atoms with Gasteiger partial charge >= 0.3 is 0 Å². The minimum Gasteiger partial charge on any atom is -0.477 e. The van der Waals surface area contributed by atoms with Crippen LogP contribution < -0.4 is 20.9 Å². The fourth-order valence-corrected chi connectivity index (χ4v) is 1.97. The largest absolute Gasteiger partial charge is 0.477 e. The lowest BCUT2D eigenvalue weighted by Crippen LogP contribution is -2.50. The molecule has 2 heterocycles. The Kier molecular flexibility index (Phi) is 2.96. The zero-order valence-electron chi connectivity index (χ0n) is 10.0. The van der Waals surface area contributed by atoms with E-state index >= 15 is 0 Å². The average Bonchev–Trinajstić information content (AvgIpc) is 2.84. The van der Waals surface area contributed by atoms with Gasteiger partial charge in [-0.2, -0.15) is 0 Å². The topological polar surface area (TPSA) is 88.7 Å². The van der Waals surface area contributed by atoms with Gasteiger partial charge in [0.25, 0.3) is 11.8 Å². The summed E-state index contributed by atoms with van der Waals surface area (Å²) >= 11 is 0. The van der Waals surface area contributed by atoms with E-state index in [1.54, 1.807) is 6.07 Å². The van der Waals surface area contributed by atoms with Crippen molar-refractivity contribution in [1.82, 2.24) is 10.8 Å². The molecule has 2 amide bonds. The fraction of sp³-hybridized carbons (Fsp3) is 0.333. The van der Waals surface area contributed by atoms with Gasteiger partial charge in [-0.15, -0.1) is 0 Å². The van der Waals surface area contributed by atoms with E-state index in [2.05, 4.69) is 16.1 Å². The number of benzene rings is 1. The summed E-state index contributed by atoms with van der Waals surface area (Å²) < 4.78 is 5.59. The van der Waals surface area contributed by atoms with Gasteiger partial charge in [-0.1, -0.05) is 12.1 Å². The minimum atomic E-state index is -0.664. The number of carbonyl (C=O) groups excluding carboxylic acids is 2.